The minimum absolute atomic E-state index is 0. The molecule has 11 rings (SSSR count). The number of methoxy groups -OCH3 is 2. The van der Waals surface area contributed by atoms with Crippen LogP contribution in [0.4, 0.5) is 0 Å². The third kappa shape index (κ3) is 11.3. The van der Waals surface area contributed by atoms with Gasteiger partial charge in [-0.2, -0.15) is 0 Å². The molecule has 0 aliphatic rings. The quantitative estimate of drug-likeness (QED) is 0.0790. The largest absolute Gasteiger partial charge is 0.477 e. The molecule has 0 spiro atoms. The second-order valence-corrected chi connectivity index (χ2v) is 16.1. The molecular formula is C58H51IrN5O6-2. The molecule has 1 N–H and O–H groups in total. The molecule has 0 aliphatic heterocycles. The standard InChI is InChI=1S/2C26H23N2O2.C6H5NO2.Ir/c2*1-29-16-17-30-15-14-28-25-9-5-3-7-21(25)22-18-20(11-13-26(22)28)24-12-10-19-6-2-4-8-23(19)27-24;8-6(9)5-3-1-2-4-7-5;/h2*2-10,12-13,18H,14-17H2,1H3;1-4H,(H,8,9);/q2*-1;;. The summed E-state index contributed by atoms with van der Waals surface area (Å²) in [5.74, 6) is -0.990. The molecule has 355 valence electrons. The molecule has 0 unspecified atom stereocenters. The maximum Gasteiger partial charge on any atom is 0.354 e. The molecule has 0 fully saturated rings. The molecule has 1 radical (unpaired) electrons. The van der Waals surface area contributed by atoms with Gasteiger partial charge in [-0.05, 0) is 80.4 Å². The predicted octanol–water partition coefficient (Wildman–Crippen LogP) is 11.7. The van der Waals surface area contributed by atoms with Gasteiger partial charge < -0.3 is 33.2 Å². The molecule has 12 heteroatoms. The first-order valence-corrected chi connectivity index (χ1v) is 22.9. The van der Waals surface area contributed by atoms with Crippen molar-refractivity contribution >= 4 is 71.4 Å². The second kappa shape index (κ2) is 23.9. The summed E-state index contributed by atoms with van der Waals surface area (Å²) in [5, 5.41) is 15.5. The van der Waals surface area contributed by atoms with Crippen LogP contribution in [0, 0.1) is 12.1 Å². The third-order valence-electron chi connectivity index (χ3n) is 11.8. The average molecular weight is 1110 g/mol. The van der Waals surface area contributed by atoms with E-state index in [-0.39, 0.29) is 25.8 Å². The van der Waals surface area contributed by atoms with Crippen LogP contribution in [0.2, 0.25) is 0 Å². The number of aromatic nitrogens is 5. The third-order valence-corrected chi connectivity index (χ3v) is 11.8. The predicted molar refractivity (Wildman–Crippen MR) is 275 cm³/mol. The number of fused-ring (bicyclic) bond motifs is 8. The van der Waals surface area contributed by atoms with E-state index in [0.29, 0.717) is 39.6 Å². The van der Waals surface area contributed by atoms with Crippen LogP contribution < -0.4 is 0 Å². The Morgan fingerprint density at radius 3 is 1.41 bits per heavy atom. The van der Waals surface area contributed by atoms with Gasteiger partial charge in [-0.3, -0.25) is 9.97 Å². The van der Waals surface area contributed by atoms with Crippen molar-refractivity contribution in [2.75, 3.05) is 53.9 Å². The van der Waals surface area contributed by atoms with E-state index in [0.717, 1.165) is 68.4 Å². The summed E-state index contributed by atoms with van der Waals surface area (Å²) in [5.41, 5.74) is 10.7. The van der Waals surface area contributed by atoms with Gasteiger partial charge in [-0.1, -0.05) is 114 Å². The van der Waals surface area contributed by atoms with Gasteiger partial charge in [0, 0.05) is 64.6 Å². The van der Waals surface area contributed by atoms with Gasteiger partial charge >= 0.3 is 5.97 Å². The van der Waals surface area contributed by atoms with Crippen LogP contribution >= 0.6 is 0 Å². The van der Waals surface area contributed by atoms with E-state index in [1.165, 1.54) is 44.8 Å². The Morgan fingerprint density at radius 2 is 0.971 bits per heavy atom. The SMILES string of the molecule is COCCOCCn1c2c[c-]c(-c3ccc4ccccc4n3)cc2c2ccccc21.COCCOCCn1c2c[c-]c(-c3ccc4ccccc4n3)cc2c2ccccc21.O=C(O)c1ccccn1.[Ir]. The fourth-order valence-electron chi connectivity index (χ4n) is 8.48. The average Bonchev–Trinajstić information content (AvgIpc) is 3.89. The molecule has 0 bridgehead atoms. The van der Waals surface area contributed by atoms with E-state index in [1.807, 2.05) is 36.4 Å². The summed E-state index contributed by atoms with van der Waals surface area (Å²) in [7, 11) is 3.38. The van der Waals surface area contributed by atoms with Crippen LogP contribution in [-0.2, 0) is 52.1 Å². The van der Waals surface area contributed by atoms with Crippen LogP contribution in [0.15, 0.2) is 170 Å². The Morgan fingerprint density at radius 1 is 0.514 bits per heavy atom. The topological polar surface area (TPSA) is 123 Å². The van der Waals surface area contributed by atoms with Crippen LogP contribution in [0.3, 0.4) is 0 Å². The molecule has 0 atom stereocenters. The number of hydrogen-bond donors (Lipinski definition) is 1. The van der Waals surface area contributed by atoms with Gasteiger partial charge in [0.2, 0.25) is 0 Å². The van der Waals surface area contributed by atoms with Crippen molar-refractivity contribution in [3.8, 4) is 22.5 Å². The van der Waals surface area contributed by atoms with Gasteiger partial charge in [0.15, 0.2) is 0 Å². The Bertz CT molecular complexity index is 3300. The number of rotatable bonds is 15. The molecule has 11 aromatic rings. The van der Waals surface area contributed by atoms with Gasteiger partial charge in [0.05, 0.1) is 50.7 Å². The van der Waals surface area contributed by atoms with E-state index in [4.69, 9.17) is 34.0 Å². The van der Waals surface area contributed by atoms with Crippen molar-refractivity contribution in [3.63, 3.8) is 0 Å². The Labute approximate surface area is 419 Å². The van der Waals surface area contributed by atoms with Gasteiger partial charge in [-0.15, -0.1) is 47.5 Å². The Balaban J connectivity index is 0.000000158. The first-order valence-electron chi connectivity index (χ1n) is 22.9. The summed E-state index contributed by atoms with van der Waals surface area (Å²) in [6.07, 6.45) is 1.45. The molecule has 0 saturated carbocycles. The summed E-state index contributed by atoms with van der Waals surface area (Å²) >= 11 is 0. The number of carbonyl (C=O) groups is 1. The monoisotopic (exact) mass is 1110 g/mol. The van der Waals surface area contributed by atoms with Crippen LogP contribution in [0.1, 0.15) is 10.5 Å². The number of aromatic carboxylic acids is 1. The number of para-hydroxylation sites is 4. The number of benzene rings is 6. The summed E-state index contributed by atoms with van der Waals surface area (Å²) in [6, 6.07) is 62.0. The zero-order chi connectivity index (χ0) is 47.4. The summed E-state index contributed by atoms with van der Waals surface area (Å²) < 4.78 is 26.2. The number of carboxylic acid groups (broad SMARTS) is 1. The number of ether oxygens (including phenoxy) is 4. The van der Waals surface area contributed by atoms with Crippen molar-refractivity contribution in [2.24, 2.45) is 0 Å². The van der Waals surface area contributed by atoms with Crippen LogP contribution in [-0.4, -0.2) is 89.0 Å². The zero-order valence-corrected chi connectivity index (χ0v) is 41.3. The number of pyridine rings is 3. The van der Waals surface area contributed by atoms with Crippen molar-refractivity contribution in [1.82, 2.24) is 24.1 Å². The first kappa shape index (κ1) is 49.3. The minimum atomic E-state index is -0.990. The summed E-state index contributed by atoms with van der Waals surface area (Å²) in [6.45, 7) is 5.31. The number of nitrogens with zero attached hydrogens (tertiary/aromatic N) is 5. The molecule has 5 heterocycles. The van der Waals surface area contributed by atoms with E-state index in [1.54, 1.807) is 26.4 Å². The number of hydrogen-bond acceptors (Lipinski definition) is 8. The number of carboxylic acids is 1. The Hall–Kier alpha value is -7.15. The van der Waals surface area contributed by atoms with Crippen molar-refractivity contribution in [3.05, 3.63) is 188 Å². The van der Waals surface area contributed by atoms with Crippen molar-refractivity contribution in [2.45, 2.75) is 13.1 Å². The van der Waals surface area contributed by atoms with Gasteiger partial charge in [0.25, 0.3) is 0 Å². The van der Waals surface area contributed by atoms with Crippen molar-refractivity contribution < 1.29 is 49.0 Å². The van der Waals surface area contributed by atoms with E-state index in [2.05, 4.69) is 135 Å². The summed E-state index contributed by atoms with van der Waals surface area (Å²) in [4.78, 5) is 23.4. The maximum atomic E-state index is 10.1. The fraction of sp³-hybridized carbons (Fsp3) is 0.172. The molecule has 70 heavy (non-hydrogen) atoms. The normalized spacial score (nSPS) is 11.1. The van der Waals surface area contributed by atoms with E-state index < -0.39 is 5.97 Å². The van der Waals surface area contributed by atoms with Gasteiger partial charge in [0.1, 0.15) is 5.69 Å². The molecule has 5 aromatic heterocycles. The molecule has 11 nitrogen and oxygen atoms in total. The zero-order valence-electron chi connectivity index (χ0n) is 38.9. The maximum absolute atomic E-state index is 10.1. The van der Waals surface area contributed by atoms with Gasteiger partial charge in [-0.25, -0.2) is 9.78 Å². The molecule has 0 amide bonds. The fourth-order valence-corrected chi connectivity index (χ4v) is 8.48. The molecule has 6 aromatic carbocycles. The van der Waals surface area contributed by atoms with Crippen LogP contribution in [0.5, 0.6) is 0 Å². The van der Waals surface area contributed by atoms with E-state index in [9.17, 15) is 4.79 Å². The smallest absolute Gasteiger partial charge is 0.354 e. The molecule has 0 saturated heterocycles. The van der Waals surface area contributed by atoms with Crippen molar-refractivity contribution in [1.29, 1.82) is 0 Å². The van der Waals surface area contributed by atoms with Crippen LogP contribution in [0.25, 0.3) is 87.9 Å². The second-order valence-electron chi connectivity index (χ2n) is 16.1. The minimum Gasteiger partial charge on any atom is -0.477 e. The first-order chi connectivity index (χ1) is 34.0. The Kier molecular flexibility index (Phi) is 16.8. The molecular weight excluding hydrogens is 1050 g/mol. The van der Waals surface area contributed by atoms with E-state index >= 15 is 0 Å². The molecule has 0 aliphatic carbocycles.